The minimum Gasteiger partial charge on any atom is -0.870 e. The molecule has 4 heterocycles. The van der Waals surface area contributed by atoms with Gasteiger partial charge in [-0.25, -0.2) is 29.2 Å². The Morgan fingerprint density at radius 2 is 1.14 bits per heavy atom. The van der Waals surface area contributed by atoms with Gasteiger partial charge >= 0.3 is 41.5 Å². The third kappa shape index (κ3) is 8.91. The summed E-state index contributed by atoms with van der Waals surface area (Å²) in [6.07, 6.45) is 13.3. The molecule has 2 fully saturated rings. The van der Waals surface area contributed by atoms with E-state index in [9.17, 15) is 14.7 Å². The zero-order chi connectivity index (χ0) is 43.1. The summed E-state index contributed by atoms with van der Waals surface area (Å²) in [5, 5.41) is 24.6. The van der Waals surface area contributed by atoms with E-state index < -0.39 is 5.97 Å². The van der Waals surface area contributed by atoms with Gasteiger partial charge in [0.2, 0.25) is 11.4 Å². The van der Waals surface area contributed by atoms with Gasteiger partial charge in [-0.1, -0.05) is 61.0 Å². The van der Waals surface area contributed by atoms with Crippen LogP contribution in [0, 0.1) is 36.8 Å². The number of ether oxygens (including phenoxy) is 1. The standard InChI is InChI=1S/C25H25ClN4O2.C23H21ClN4O2.Na.H2O/c1-3-32-25(31)22-13-9-17-20(28-22)12-10-18-23(17)29-30(24(18)15-6-4-5-7-15)16-8-11-21(27-2)19(26)14-16;1-25-19-9-6-14(12-17(19)24)28-22(13-4-2-3-5-13)16-8-10-18-15(21(16)27-28)7-11-20(26-18)23(29)30;;/h8-9,11,13-15,18,24H,3-7,10,12H2,1H3;6-7,9,11-13,16,22H,2-5,8,10H2,(H,29,30);;1H2/q;;+1;/p-1. The van der Waals surface area contributed by atoms with Gasteiger partial charge in [-0.15, -0.1) is 0 Å². The maximum absolute atomic E-state index is 12.1. The van der Waals surface area contributed by atoms with Gasteiger partial charge in [-0.3, -0.25) is 10.0 Å². The Kier molecular flexibility index (Phi) is 14.8. The summed E-state index contributed by atoms with van der Waals surface area (Å²) in [6.45, 7) is 16.7. The summed E-state index contributed by atoms with van der Waals surface area (Å²) in [7, 11) is 0. The zero-order valence-corrected chi connectivity index (χ0v) is 39.4. The Balaban J connectivity index is 0.000000186. The fourth-order valence-electron chi connectivity index (χ4n) is 10.7. The fraction of sp³-hybridized carbons (Fsp3) is 0.417. The SMILES string of the molecule is [C-]#[N+]c1ccc(N2N=C3c4ccc(C(=O)O)nc4CCC3C2C2CCCC2)cc1Cl.[C-]#[N+]c1ccc(N2N=C3c4ccc(C(=O)OCC)nc4CCC3C2C2CCCC2)cc1Cl.[Na+].[OH-]. The first-order chi connectivity index (χ1) is 30.2. The molecule has 4 atom stereocenters. The number of hydrogen-bond acceptors (Lipinski definition) is 10. The van der Waals surface area contributed by atoms with Crippen molar-refractivity contribution in [3.63, 3.8) is 0 Å². The van der Waals surface area contributed by atoms with E-state index in [0.29, 0.717) is 51.5 Å². The number of carboxylic acid groups (broad SMARTS) is 1. The third-order valence-electron chi connectivity index (χ3n) is 13.5. The number of aromatic carboxylic acids is 1. The molecular formula is C48H47Cl2N8NaO5. The minimum atomic E-state index is -1.01. The molecule has 2 aliphatic heterocycles. The number of pyridine rings is 2. The smallest absolute Gasteiger partial charge is 0.870 e. The molecule has 0 saturated heterocycles. The van der Waals surface area contributed by atoms with Crippen LogP contribution in [0.15, 0.2) is 70.9 Å². The monoisotopic (exact) mass is 908 g/mol. The molecule has 6 aliphatic rings. The van der Waals surface area contributed by atoms with Gasteiger partial charge in [0, 0.05) is 33.0 Å². The van der Waals surface area contributed by atoms with Crippen LogP contribution in [0.4, 0.5) is 22.7 Å². The maximum atomic E-state index is 12.1. The second kappa shape index (κ2) is 20.1. The quantitative estimate of drug-likeness (QED) is 0.110. The van der Waals surface area contributed by atoms with Crippen LogP contribution >= 0.6 is 23.2 Å². The second-order valence-corrected chi connectivity index (χ2v) is 17.7. The van der Waals surface area contributed by atoms with Gasteiger partial charge in [0.1, 0.15) is 11.4 Å². The predicted molar refractivity (Wildman–Crippen MR) is 242 cm³/mol. The largest absolute Gasteiger partial charge is 1.00 e. The maximum Gasteiger partial charge on any atom is 1.00 e. The topological polar surface area (TPSA) is 159 Å². The molecule has 13 nitrogen and oxygen atoms in total. The predicted octanol–water partition coefficient (Wildman–Crippen LogP) is 7.96. The van der Waals surface area contributed by atoms with E-state index in [4.69, 9.17) is 51.3 Å². The normalized spacial score (nSPS) is 21.8. The van der Waals surface area contributed by atoms with Gasteiger partial charge in [0.05, 0.1) is 66.0 Å². The van der Waals surface area contributed by atoms with Crippen molar-refractivity contribution in [2.75, 3.05) is 16.6 Å². The number of nitrogens with zero attached hydrogens (tertiary/aromatic N) is 8. The number of aryl methyl sites for hydroxylation is 2. The van der Waals surface area contributed by atoms with Crippen molar-refractivity contribution in [1.82, 2.24) is 9.97 Å². The van der Waals surface area contributed by atoms with E-state index in [0.717, 1.165) is 71.0 Å². The molecule has 4 unspecified atom stereocenters. The van der Waals surface area contributed by atoms with E-state index in [-0.39, 0.29) is 64.7 Å². The summed E-state index contributed by atoms with van der Waals surface area (Å²) < 4.78 is 5.12. The Morgan fingerprint density at radius 3 is 1.55 bits per heavy atom. The molecular weight excluding hydrogens is 862 g/mol. The first kappa shape index (κ1) is 47.1. The van der Waals surface area contributed by atoms with E-state index in [1.54, 1.807) is 31.2 Å². The van der Waals surface area contributed by atoms with Crippen molar-refractivity contribution < 1.29 is 54.5 Å². The number of aromatic nitrogens is 2. The molecule has 0 spiro atoms. The number of hydrogen-bond donors (Lipinski definition) is 1. The van der Waals surface area contributed by atoms with Gasteiger partial charge in [0.25, 0.3) is 0 Å². The molecule has 4 aromatic rings. The van der Waals surface area contributed by atoms with Crippen LogP contribution in [0.1, 0.15) is 115 Å². The average Bonchev–Trinajstić information content (AvgIpc) is 4.13. The van der Waals surface area contributed by atoms with Crippen molar-refractivity contribution in [3.8, 4) is 0 Å². The number of anilines is 2. The van der Waals surface area contributed by atoms with Crippen LogP contribution in [0.3, 0.4) is 0 Å². The first-order valence-electron chi connectivity index (χ1n) is 21.7. The molecule has 2 aromatic heterocycles. The third-order valence-corrected chi connectivity index (χ3v) is 14.1. The van der Waals surface area contributed by atoms with Crippen LogP contribution in [0.25, 0.3) is 9.69 Å². The molecule has 64 heavy (non-hydrogen) atoms. The van der Waals surface area contributed by atoms with Gasteiger partial charge < -0.3 is 15.3 Å². The molecule has 2 N–H and O–H groups in total. The Labute approximate surface area is 405 Å². The molecule has 10 rings (SSSR count). The number of carboxylic acids is 1. The van der Waals surface area contributed by atoms with Crippen LogP contribution in [-0.4, -0.2) is 62.6 Å². The Morgan fingerprint density at radius 1 is 0.703 bits per heavy atom. The Hall–Kier alpha value is -4.86. The number of carbonyl (C=O) groups is 2. The van der Waals surface area contributed by atoms with Gasteiger partial charge in [-0.05, 0) is 119 Å². The summed E-state index contributed by atoms with van der Waals surface area (Å²) in [6, 6.07) is 18.8. The first-order valence-corrected chi connectivity index (χ1v) is 22.4. The number of benzene rings is 2. The molecule has 0 amide bonds. The summed E-state index contributed by atoms with van der Waals surface area (Å²) in [5.41, 5.74) is 8.95. The summed E-state index contributed by atoms with van der Waals surface area (Å²) in [5.74, 6) is 0.355. The zero-order valence-electron chi connectivity index (χ0n) is 35.9. The molecule has 4 aliphatic carbocycles. The van der Waals surface area contributed by atoms with Crippen LogP contribution < -0.4 is 39.6 Å². The summed E-state index contributed by atoms with van der Waals surface area (Å²) in [4.78, 5) is 39.4. The van der Waals surface area contributed by atoms with Crippen molar-refractivity contribution in [1.29, 1.82) is 0 Å². The van der Waals surface area contributed by atoms with Crippen LogP contribution in [0.2, 0.25) is 10.0 Å². The number of hydrazone groups is 2. The van der Waals surface area contributed by atoms with Crippen molar-refractivity contribution in [2.45, 2.75) is 96.1 Å². The number of carbonyl (C=O) groups excluding carboxylic acids is 1. The molecule has 16 heteroatoms. The van der Waals surface area contributed by atoms with Gasteiger partial charge in [-0.2, -0.15) is 10.2 Å². The van der Waals surface area contributed by atoms with Crippen LogP contribution in [0.5, 0.6) is 0 Å². The fourth-order valence-corrected chi connectivity index (χ4v) is 11.2. The Bertz CT molecular complexity index is 2600. The van der Waals surface area contributed by atoms with Crippen LogP contribution in [-0.2, 0) is 17.6 Å². The molecule has 2 aromatic carbocycles. The van der Waals surface area contributed by atoms with Crippen molar-refractivity contribution >= 4 is 69.3 Å². The summed E-state index contributed by atoms with van der Waals surface area (Å²) >= 11 is 12.7. The van der Waals surface area contributed by atoms with Crippen molar-refractivity contribution in [2.24, 2.45) is 33.9 Å². The van der Waals surface area contributed by atoms with E-state index in [1.807, 2.05) is 36.4 Å². The van der Waals surface area contributed by atoms with Crippen molar-refractivity contribution in [3.05, 3.63) is 127 Å². The number of esters is 1. The van der Waals surface area contributed by atoms with E-state index >= 15 is 0 Å². The van der Waals surface area contributed by atoms with E-state index in [2.05, 4.69) is 29.7 Å². The molecule has 2 saturated carbocycles. The number of rotatable bonds is 7. The number of halogens is 2. The van der Waals surface area contributed by atoms with Gasteiger partial charge in [0.15, 0.2) is 0 Å². The molecule has 0 bridgehead atoms. The van der Waals surface area contributed by atoms with E-state index in [1.165, 1.54) is 51.4 Å². The number of fused-ring (bicyclic) bond motifs is 6. The average molecular weight is 910 g/mol. The minimum absolute atomic E-state index is 0. The second-order valence-electron chi connectivity index (χ2n) is 16.9. The molecule has 324 valence electrons. The molecule has 0 radical (unpaired) electrons.